The molecule has 1 aromatic rings. The molecule has 0 saturated heterocycles. The van der Waals surface area contributed by atoms with Crippen LogP contribution in [0.2, 0.25) is 0 Å². The van der Waals surface area contributed by atoms with Gasteiger partial charge in [0.2, 0.25) is 0 Å². The van der Waals surface area contributed by atoms with Crippen molar-refractivity contribution in [3.63, 3.8) is 0 Å². The Morgan fingerprint density at radius 2 is 1.80 bits per heavy atom. The van der Waals surface area contributed by atoms with Gasteiger partial charge < -0.3 is 5.73 Å². The molecule has 0 radical (unpaired) electrons. The summed E-state index contributed by atoms with van der Waals surface area (Å²) < 4.78 is 0. The maximum absolute atomic E-state index is 5.94. The van der Waals surface area contributed by atoms with Crippen molar-refractivity contribution >= 4 is 5.82 Å². The summed E-state index contributed by atoms with van der Waals surface area (Å²) in [5.41, 5.74) is 9.58. The molecule has 0 amide bonds. The van der Waals surface area contributed by atoms with Crippen LogP contribution < -0.4 is 5.73 Å². The third-order valence-electron chi connectivity index (χ3n) is 2.73. The van der Waals surface area contributed by atoms with Gasteiger partial charge in [0.05, 0.1) is 0 Å². The summed E-state index contributed by atoms with van der Waals surface area (Å²) in [5, 5.41) is 0. The van der Waals surface area contributed by atoms with Crippen LogP contribution in [0.4, 0.5) is 5.82 Å². The van der Waals surface area contributed by atoms with Crippen LogP contribution in [0.3, 0.4) is 0 Å². The summed E-state index contributed by atoms with van der Waals surface area (Å²) in [7, 11) is 0. The second-order valence-corrected chi connectivity index (χ2v) is 5.51. The monoisotopic (exact) mass is 206 g/mol. The van der Waals surface area contributed by atoms with Gasteiger partial charge in [-0.2, -0.15) is 0 Å². The molecule has 0 aliphatic carbocycles. The van der Waals surface area contributed by atoms with E-state index in [9.17, 15) is 0 Å². The fourth-order valence-electron chi connectivity index (χ4n) is 1.72. The van der Waals surface area contributed by atoms with Gasteiger partial charge in [0.25, 0.3) is 0 Å². The lowest BCUT2D eigenvalue weighted by molar-refractivity contribution is 0.582. The Kier molecular flexibility index (Phi) is 3.08. The molecule has 0 bridgehead atoms. The van der Waals surface area contributed by atoms with E-state index in [1.54, 1.807) is 0 Å². The first kappa shape index (κ1) is 12.0. The Morgan fingerprint density at radius 1 is 1.27 bits per heavy atom. The number of nitrogens with zero attached hydrogens (tertiary/aromatic N) is 1. The van der Waals surface area contributed by atoms with Crippen molar-refractivity contribution in [2.45, 2.75) is 52.9 Å². The SMILES string of the molecule is Cc1c(C(C)(C)C)cc(C(C)C)nc1N. The minimum absolute atomic E-state index is 0.130. The number of aromatic nitrogens is 1. The largest absolute Gasteiger partial charge is 0.383 e. The van der Waals surface area contributed by atoms with Crippen molar-refractivity contribution in [1.82, 2.24) is 4.98 Å². The number of nitrogens with two attached hydrogens (primary N) is 1. The molecule has 0 spiro atoms. The molecule has 0 saturated carbocycles. The molecule has 0 aliphatic rings. The van der Waals surface area contributed by atoms with Crippen molar-refractivity contribution < 1.29 is 0 Å². The molecule has 2 nitrogen and oxygen atoms in total. The van der Waals surface area contributed by atoms with Crippen molar-refractivity contribution in [1.29, 1.82) is 0 Å². The predicted molar refractivity (Wildman–Crippen MR) is 66.2 cm³/mol. The van der Waals surface area contributed by atoms with Crippen LogP contribution in [-0.2, 0) is 5.41 Å². The highest BCUT2D eigenvalue weighted by atomic mass is 14.8. The summed E-state index contributed by atoms with van der Waals surface area (Å²) in [4.78, 5) is 4.42. The van der Waals surface area contributed by atoms with Crippen LogP contribution in [0.15, 0.2) is 6.07 Å². The number of hydrogen-bond donors (Lipinski definition) is 1. The van der Waals surface area contributed by atoms with Crippen LogP contribution in [0, 0.1) is 6.92 Å². The fraction of sp³-hybridized carbons (Fsp3) is 0.615. The number of nitrogen functional groups attached to an aromatic ring is 1. The first-order valence-corrected chi connectivity index (χ1v) is 5.51. The highest BCUT2D eigenvalue weighted by Crippen LogP contribution is 2.30. The number of rotatable bonds is 1. The zero-order valence-corrected chi connectivity index (χ0v) is 10.7. The van der Waals surface area contributed by atoms with E-state index in [0.29, 0.717) is 11.7 Å². The summed E-state index contributed by atoms with van der Waals surface area (Å²) >= 11 is 0. The molecule has 15 heavy (non-hydrogen) atoms. The van der Waals surface area contributed by atoms with E-state index in [0.717, 1.165) is 11.3 Å². The molecule has 84 valence electrons. The molecule has 0 aromatic carbocycles. The Labute approximate surface area is 92.9 Å². The second-order valence-electron chi connectivity index (χ2n) is 5.51. The molecular formula is C13H22N2. The zero-order chi connectivity index (χ0) is 11.8. The quantitative estimate of drug-likeness (QED) is 0.765. The van der Waals surface area contributed by atoms with Crippen LogP contribution in [0.25, 0.3) is 0 Å². The van der Waals surface area contributed by atoms with Gasteiger partial charge in [0, 0.05) is 5.69 Å². The maximum atomic E-state index is 5.94. The smallest absolute Gasteiger partial charge is 0.126 e. The first-order valence-electron chi connectivity index (χ1n) is 5.51. The Morgan fingerprint density at radius 3 is 2.20 bits per heavy atom. The standard InChI is InChI=1S/C13H22N2/c1-8(2)11-7-10(13(4,5)6)9(3)12(14)15-11/h7-8H,1-6H3,(H2,14,15). The van der Waals surface area contributed by atoms with Gasteiger partial charge in [0.15, 0.2) is 0 Å². The van der Waals surface area contributed by atoms with E-state index in [2.05, 4.69) is 45.7 Å². The van der Waals surface area contributed by atoms with Gasteiger partial charge in [-0.15, -0.1) is 0 Å². The third-order valence-corrected chi connectivity index (χ3v) is 2.73. The van der Waals surface area contributed by atoms with E-state index in [-0.39, 0.29) is 5.41 Å². The van der Waals surface area contributed by atoms with Crippen molar-refractivity contribution in [2.75, 3.05) is 5.73 Å². The fourth-order valence-corrected chi connectivity index (χ4v) is 1.72. The molecule has 2 heteroatoms. The molecule has 1 rings (SSSR count). The predicted octanol–water partition coefficient (Wildman–Crippen LogP) is 3.39. The molecule has 2 N–H and O–H groups in total. The topological polar surface area (TPSA) is 38.9 Å². The van der Waals surface area contributed by atoms with Crippen LogP contribution in [-0.4, -0.2) is 4.98 Å². The van der Waals surface area contributed by atoms with Gasteiger partial charge in [-0.25, -0.2) is 4.98 Å². The third kappa shape index (κ3) is 2.49. The number of pyridine rings is 1. The second kappa shape index (κ2) is 3.84. The lowest BCUT2D eigenvalue weighted by atomic mass is 9.83. The lowest BCUT2D eigenvalue weighted by Crippen LogP contribution is -2.16. The van der Waals surface area contributed by atoms with Gasteiger partial charge in [-0.3, -0.25) is 0 Å². The van der Waals surface area contributed by atoms with Gasteiger partial charge in [0.1, 0.15) is 5.82 Å². The molecule has 0 aliphatic heterocycles. The van der Waals surface area contributed by atoms with Crippen LogP contribution in [0.5, 0.6) is 0 Å². The van der Waals surface area contributed by atoms with E-state index in [1.807, 2.05) is 6.92 Å². The zero-order valence-electron chi connectivity index (χ0n) is 10.7. The first-order chi connectivity index (χ1) is 6.73. The number of hydrogen-bond acceptors (Lipinski definition) is 2. The van der Waals surface area contributed by atoms with Crippen molar-refractivity contribution in [2.24, 2.45) is 0 Å². The highest BCUT2D eigenvalue weighted by molar-refractivity contribution is 5.48. The van der Waals surface area contributed by atoms with Crippen LogP contribution in [0.1, 0.15) is 57.4 Å². The average Bonchev–Trinajstić information content (AvgIpc) is 2.06. The summed E-state index contributed by atoms with van der Waals surface area (Å²) in [6.45, 7) is 13.0. The number of anilines is 1. The molecule has 1 heterocycles. The molecule has 0 fully saturated rings. The van der Waals surface area contributed by atoms with E-state index >= 15 is 0 Å². The molecular weight excluding hydrogens is 184 g/mol. The van der Waals surface area contributed by atoms with Crippen molar-refractivity contribution in [3.8, 4) is 0 Å². The van der Waals surface area contributed by atoms with Gasteiger partial charge in [-0.1, -0.05) is 34.6 Å². The van der Waals surface area contributed by atoms with Crippen molar-refractivity contribution in [3.05, 3.63) is 22.9 Å². The lowest BCUT2D eigenvalue weighted by Gasteiger charge is -2.24. The Hall–Kier alpha value is -1.05. The van der Waals surface area contributed by atoms with E-state index < -0.39 is 0 Å². The average molecular weight is 206 g/mol. The molecule has 0 unspecified atom stereocenters. The molecule has 1 aromatic heterocycles. The highest BCUT2D eigenvalue weighted by Gasteiger charge is 2.19. The normalized spacial score (nSPS) is 12.2. The van der Waals surface area contributed by atoms with E-state index in [4.69, 9.17) is 5.73 Å². The maximum Gasteiger partial charge on any atom is 0.126 e. The summed E-state index contributed by atoms with van der Waals surface area (Å²) in [5.74, 6) is 1.10. The van der Waals surface area contributed by atoms with Gasteiger partial charge >= 0.3 is 0 Å². The minimum atomic E-state index is 0.130. The Balaban J connectivity index is 3.38. The Bertz CT molecular complexity index is 360. The minimum Gasteiger partial charge on any atom is -0.383 e. The van der Waals surface area contributed by atoms with E-state index in [1.165, 1.54) is 5.56 Å². The summed E-state index contributed by atoms with van der Waals surface area (Å²) in [6, 6.07) is 2.19. The van der Waals surface area contributed by atoms with Gasteiger partial charge in [-0.05, 0) is 35.4 Å². The summed E-state index contributed by atoms with van der Waals surface area (Å²) in [6.07, 6.45) is 0. The molecule has 0 atom stereocenters. The van der Waals surface area contributed by atoms with Crippen LogP contribution >= 0.6 is 0 Å².